The van der Waals surface area contributed by atoms with Gasteiger partial charge in [-0.1, -0.05) is 23.2 Å². The smallest absolute Gasteiger partial charge is 0.342 e. The zero-order chi connectivity index (χ0) is 20.7. The van der Waals surface area contributed by atoms with Crippen molar-refractivity contribution in [2.45, 2.75) is 38.1 Å². The first-order valence-electron chi connectivity index (χ1n) is 9.76. The Balaban J connectivity index is 1.47. The first-order valence-corrected chi connectivity index (χ1v) is 10.5. The van der Waals surface area contributed by atoms with Gasteiger partial charge in [0, 0.05) is 42.6 Å². The summed E-state index contributed by atoms with van der Waals surface area (Å²) in [5.41, 5.74) is -0.0306. The van der Waals surface area contributed by atoms with Crippen LogP contribution in [0, 0.1) is 5.92 Å². The van der Waals surface area contributed by atoms with Crippen molar-refractivity contribution in [3.05, 3.63) is 50.1 Å². The van der Waals surface area contributed by atoms with Gasteiger partial charge in [-0.2, -0.15) is 5.10 Å². The molecule has 1 saturated carbocycles. The molecule has 0 spiro atoms. The number of Topliss-reactive ketones (excluding diaryl/α,β-unsaturated/α-hetero) is 1. The van der Waals surface area contributed by atoms with Crippen molar-refractivity contribution in [2.75, 3.05) is 13.1 Å². The molecule has 154 valence electrons. The maximum absolute atomic E-state index is 12.6. The van der Waals surface area contributed by atoms with Crippen LogP contribution in [0.15, 0.2) is 23.0 Å². The van der Waals surface area contributed by atoms with Gasteiger partial charge in [0.2, 0.25) is 5.91 Å². The van der Waals surface area contributed by atoms with E-state index in [4.69, 9.17) is 23.2 Å². The SMILES string of the molecule is Cn1c(C2CCN(C(=O)C3CC3)CC2)nn(CC(=O)c2ccc(Cl)cc2Cl)c1=O. The Kier molecular flexibility index (Phi) is 5.53. The molecule has 1 aromatic heterocycles. The molecule has 2 heterocycles. The highest BCUT2D eigenvalue weighted by atomic mass is 35.5. The fraction of sp³-hybridized carbons (Fsp3) is 0.500. The van der Waals surface area contributed by atoms with Gasteiger partial charge in [0.1, 0.15) is 12.4 Å². The van der Waals surface area contributed by atoms with Gasteiger partial charge in [-0.25, -0.2) is 9.48 Å². The number of ketones is 1. The van der Waals surface area contributed by atoms with Crippen molar-refractivity contribution in [1.29, 1.82) is 0 Å². The number of nitrogens with zero attached hydrogens (tertiary/aromatic N) is 4. The van der Waals surface area contributed by atoms with Crippen molar-refractivity contribution in [1.82, 2.24) is 19.2 Å². The van der Waals surface area contributed by atoms with Crippen LogP contribution in [-0.2, 0) is 18.4 Å². The lowest BCUT2D eigenvalue weighted by atomic mass is 9.95. The minimum absolute atomic E-state index is 0.0893. The molecular weight excluding hydrogens is 415 g/mol. The number of amides is 1. The summed E-state index contributed by atoms with van der Waals surface area (Å²) in [6.45, 7) is 1.17. The largest absolute Gasteiger partial charge is 0.346 e. The highest BCUT2D eigenvalue weighted by molar-refractivity contribution is 6.36. The zero-order valence-corrected chi connectivity index (χ0v) is 17.6. The number of rotatable bonds is 5. The predicted octanol–water partition coefficient (Wildman–Crippen LogP) is 2.89. The minimum Gasteiger partial charge on any atom is -0.342 e. The van der Waals surface area contributed by atoms with E-state index < -0.39 is 0 Å². The zero-order valence-electron chi connectivity index (χ0n) is 16.1. The second kappa shape index (κ2) is 7.95. The number of carbonyl (C=O) groups is 2. The molecule has 0 atom stereocenters. The van der Waals surface area contributed by atoms with Gasteiger partial charge >= 0.3 is 5.69 Å². The van der Waals surface area contributed by atoms with Crippen molar-refractivity contribution < 1.29 is 9.59 Å². The molecular formula is C20H22Cl2N4O3. The highest BCUT2D eigenvalue weighted by Gasteiger charge is 2.36. The molecule has 9 heteroatoms. The van der Waals surface area contributed by atoms with E-state index >= 15 is 0 Å². The Labute approximate surface area is 178 Å². The molecule has 1 saturated heterocycles. The van der Waals surface area contributed by atoms with Crippen LogP contribution < -0.4 is 5.69 Å². The minimum atomic E-state index is -0.338. The first kappa shape index (κ1) is 20.2. The second-order valence-electron chi connectivity index (χ2n) is 7.78. The van der Waals surface area contributed by atoms with E-state index in [-0.39, 0.29) is 40.8 Å². The lowest BCUT2D eigenvalue weighted by Crippen LogP contribution is -2.39. The van der Waals surface area contributed by atoms with E-state index in [1.54, 1.807) is 19.2 Å². The molecule has 1 aliphatic carbocycles. The van der Waals surface area contributed by atoms with Gasteiger partial charge in [0.05, 0.1) is 5.02 Å². The average Bonchev–Trinajstić information content (AvgIpc) is 3.51. The lowest BCUT2D eigenvalue weighted by molar-refractivity contribution is -0.133. The van der Waals surface area contributed by atoms with E-state index in [1.165, 1.54) is 15.3 Å². The van der Waals surface area contributed by atoms with Crippen LogP contribution >= 0.6 is 23.2 Å². The van der Waals surface area contributed by atoms with Crippen LogP contribution in [0.2, 0.25) is 10.0 Å². The maximum Gasteiger partial charge on any atom is 0.346 e. The maximum atomic E-state index is 12.6. The van der Waals surface area contributed by atoms with Crippen molar-refractivity contribution >= 4 is 34.9 Å². The molecule has 1 aromatic carbocycles. The molecule has 1 aliphatic heterocycles. The van der Waals surface area contributed by atoms with Crippen LogP contribution in [0.5, 0.6) is 0 Å². The molecule has 0 N–H and O–H groups in total. The lowest BCUT2D eigenvalue weighted by Gasteiger charge is -2.31. The number of halogens is 2. The quantitative estimate of drug-likeness (QED) is 0.675. The Morgan fingerprint density at radius 2 is 1.83 bits per heavy atom. The fourth-order valence-electron chi connectivity index (χ4n) is 3.85. The Morgan fingerprint density at radius 1 is 1.14 bits per heavy atom. The number of piperidine rings is 1. The monoisotopic (exact) mass is 436 g/mol. The fourth-order valence-corrected chi connectivity index (χ4v) is 4.36. The van der Waals surface area contributed by atoms with E-state index in [2.05, 4.69) is 5.10 Å². The topological polar surface area (TPSA) is 77.2 Å². The third-order valence-corrected chi connectivity index (χ3v) is 6.25. The third kappa shape index (κ3) is 4.12. The molecule has 0 radical (unpaired) electrons. The molecule has 0 bridgehead atoms. The average molecular weight is 437 g/mol. The number of hydrogen-bond donors (Lipinski definition) is 0. The molecule has 4 rings (SSSR count). The molecule has 7 nitrogen and oxygen atoms in total. The van der Waals surface area contributed by atoms with Gasteiger partial charge < -0.3 is 4.90 Å². The summed E-state index contributed by atoms with van der Waals surface area (Å²) in [4.78, 5) is 39.4. The number of aromatic nitrogens is 3. The second-order valence-corrected chi connectivity index (χ2v) is 8.62. The van der Waals surface area contributed by atoms with Crippen molar-refractivity contribution in [3.63, 3.8) is 0 Å². The summed E-state index contributed by atoms with van der Waals surface area (Å²) in [5.74, 6) is 0.923. The van der Waals surface area contributed by atoms with E-state index in [0.29, 0.717) is 29.5 Å². The summed E-state index contributed by atoms with van der Waals surface area (Å²) >= 11 is 12.0. The Hall–Kier alpha value is -2.12. The predicted molar refractivity (Wildman–Crippen MR) is 110 cm³/mol. The number of hydrogen-bond acceptors (Lipinski definition) is 4. The van der Waals surface area contributed by atoms with E-state index in [0.717, 1.165) is 25.7 Å². The van der Waals surface area contributed by atoms with Crippen LogP contribution in [0.1, 0.15) is 47.8 Å². The molecule has 2 aliphatic rings. The molecule has 2 aromatic rings. The highest BCUT2D eigenvalue weighted by Crippen LogP contribution is 2.34. The van der Waals surface area contributed by atoms with Gasteiger partial charge in [-0.3, -0.25) is 14.2 Å². The molecule has 29 heavy (non-hydrogen) atoms. The van der Waals surface area contributed by atoms with Crippen molar-refractivity contribution in [3.8, 4) is 0 Å². The van der Waals surface area contributed by atoms with Crippen LogP contribution in [0.3, 0.4) is 0 Å². The summed E-state index contributed by atoms with van der Waals surface area (Å²) in [7, 11) is 1.67. The summed E-state index contributed by atoms with van der Waals surface area (Å²) in [6.07, 6.45) is 3.53. The normalized spacial score (nSPS) is 17.6. The summed E-state index contributed by atoms with van der Waals surface area (Å²) in [6, 6.07) is 4.64. The van der Waals surface area contributed by atoms with Gasteiger partial charge in [0.15, 0.2) is 5.78 Å². The van der Waals surface area contributed by atoms with Gasteiger partial charge in [0.25, 0.3) is 0 Å². The van der Waals surface area contributed by atoms with E-state index in [1.807, 2.05) is 4.90 Å². The third-order valence-electron chi connectivity index (χ3n) is 5.70. The van der Waals surface area contributed by atoms with Crippen LogP contribution in [-0.4, -0.2) is 44.0 Å². The van der Waals surface area contributed by atoms with E-state index in [9.17, 15) is 14.4 Å². The summed E-state index contributed by atoms with van der Waals surface area (Å²) in [5, 5.41) is 5.13. The van der Waals surface area contributed by atoms with Crippen LogP contribution in [0.25, 0.3) is 0 Å². The standard InChI is InChI=1S/C20H22Cl2N4O3/c1-24-18(12-6-8-25(9-7-12)19(28)13-2-3-13)23-26(20(24)29)11-17(27)15-5-4-14(21)10-16(15)22/h4-5,10,12-13H,2-3,6-9,11H2,1H3. The molecule has 0 unspecified atom stereocenters. The number of carbonyl (C=O) groups excluding carboxylic acids is 2. The van der Waals surface area contributed by atoms with Crippen molar-refractivity contribution in [2.24, 2.45) is 13.0 Å². The molecule has 2 fully saturated rings. The van der Waals surface area contributed by atoms with Crippen LogP contribution in [0.4, 0.5) is 0 Å². The molecule has 1 amide bonds. The Morgan fingerprint density at radius 3 is 2.45 bits per heavy atom. The van der Waals surface area contributed by atoms with Gasteiger partial charge in [-0.15, -0.1) is 0 Å². The number of benzene rings is 1. The first-order chi connectivity index (χ1) is 13.8. The summed E-state index contributed by atoms with van der Waals surface area (Å²) < 4.78 is 2.68. The number of likely N-dealkylation sites (tertiary alicyclic amines) is 1. The van der Waals surface area contributed by atoms with Gasteiger partial charge in [-0.05, 0) is 43.9 Å². The Bertz CT molecular complexity index is 1020.